The van der Waals surface area contributed by atoms with Crippen LogP contribution in [0, 0.1) is 0 Å². The Morgan fingerprint density at radius 3 is 1.77 bits per heavy atom. The van der Waals surface area contributed by atoms with E-state index >= 15 is 0 Å². The van der Waals surface area contributed by atoms with Gasteiger partial charge in [0, 0.05) is 0 Å². The van der Waals surface area contributed by atoms with Gasteiger partial charge in [-0.25, -0.2) is 0 Å². The molecule has 0 unspecified atom stereocenters. The molecule has 4 N–H and O–H groups in total. The number of pyridine rings is 1. The van der Waals surface area contributed by atoms with Crippen LogP contribution in [0.25, 0.3) is 0 Å². The predicted molar refractivity (Wildman–Crippen MR) is 53.4 cm³/mol. The molecule has 0 aliphatic carbocycles. The molecule has 74 valence electrons. The van der Waals surface area contributed by atoms with Crippen molar-refractivity contribution in [2.45, 2.75) is 0 Å². The molecule has 0 spiro atoms. The van der Waals surface area contributed by atoms with Gasteiger partial charge in [0.05, 0.1) is 25.6 Å². The average molecular weight is 206 g/mol. The summed E-state index contributed by atoms with van der Waals surface area (Å²) in [6.45, 7) is 0. The first-order chi connectivity index (χ1) is 5.69. The number of aromatic nitrogens is 1. The van der Waals surface area contributed by atoms with Crippen molar-refractivity contribution < 1.29 is 9.47 Å². The lowest BCUT2D eigenvalue weighted by Crippen LogP contribution is -2.01. The van der Waals surface area contributed by atoms with E-state index in [1.54, 1.807) is 6.07 Å². The van der Waals surface area contributed by atoms with Gasteiger partial charge in [-0.05, 0) is 6.07 Å². The number of nitrogens with two attached hydrogens (primary N) is 2. The van der Waals surface area contributed by atoms with Crippen LogP contribution in [0.5, 0.6) is 11.8 Å². The highest BCUT2D eigenvalue weighted by Crippen LogP contribution is 2.27. The standard InChI is InChI=1S/C7H11N3O2.ClH/c1-11-6-4(8)3-5(9)7(10-6)12-2;/h3H,8-9H2,1-2H3;1H. The number of rotatable bonds is 2. The van der Waals surface area contributed by atoms with Crippen LogP contribution in [0.15, 0.2) is 6.07 Å². The van der Waals surface area contributed by atoms with Crippen LogP contribution in [0.3, 0.4) is 0 Å². The van der Waals surface area contributed by atoms with Crippen molar-refractivity contribution in [3.8, 4) is 11.8 Å². The van der Waals surface area contributed by atoms with Gasteiger partial charge >= 0.3 is 0 Å². The molecule has 5 nitrogen and oxygen atoms in total. The Kier molecular flexibility index (Phi) is 4.13. The van der Waals surface area contributed by atoms with Crippen LogP contribution in [0.2, 0.25) is 0 Å². The monoisotopic (exact) mass is 205 g/mol. The van der Waals surface area contributed by atoms with E-state index < -0.39 is 0 Å². The van der Waals surface area contributed by atoms with Crippen molar-refractivity contribution in [2.24, 2.45) is 0 Å². The van der Waals surface area contributed by atoms with Crippen LogP contribution in [0.1, 0.15) is 0 Å². The number of nitrogen functional groups attached to an aromatic ring is 2. The minimum Gasteiger partial charge on any atom is -0.479 e. The second-order valence-corrected chi connectivity index (χ2v) is 2.19. The summed E-state index contributed by atoms with van der Waals surface area (Å²) in [4.78, 5) is 3.91. The first-order valence-electron chi connectivity index (χ1n) is 3.33. The summed E-state index contributed by atoms with van der Waals surface area (Å²) >= 11 is 0. The lowest BCUT2D eigenvalue weighted by atomic mass is 10.3. The molecular weight excluding hydrogens is 194 g/mol. The summed E-state index contributed by atoms with van der Waals surface area (Å²) in [7, 11) is 2.96. The number of nitrogens with zero attached hydrogens (tertiary/aromatic N) is 1. The van der Waals surface area contributed by atoms with Crippen LogP contribution < -0.4 is 20.9 Å². The van der Waals surface area contributed by atoms with Crippen molar-refractivity contribution >= 4 is 23.8 Å². The number of ether oxygens (including phenoxy) is 2. The van der Waals surface area contributed by atoms with Gasteiger partial charge in [0.1, 0.15) is 0 Å². The molecule has 0 atom stereocenters. The van der Waals surface area contributed by atoms with Crippen LogP contribution in [-0.4, -0.2) is 19.2 Å². The normalized spacial score (nSPS) is 8.77. The minimum absolute atomic E-state index is 0. The Hall–Kier alpha value is -1.36. The maximum atomic E-state index is 5.53. The zero-order chi connectivity index (χ0) is 9.14. The minimum atomic E-state index is 0. The smallest absolute Gasteiger partial charge is 0.240 e. The lowest BCUT2D eigenvalue weighted by Gasteiger charge is -2.07. The molecule has 0 aromatic carbocycles. The molecule has 0 aliphatic rings. The molecule has 1 heterocycles. The lowest BCUT2D eigenvalue weighted by molar-refractivity contribution is 0.368. The van der Waals surface area contributed by atoms with E-state index in [0.29, 0.717) is 23.1 Å². The van der Waals surface area contributed by atoms with Crippen molar-refractivity contribution in [1.29, 1.82) is 0 Å². The van der Waals surface area contributed by atoms with Crippen LogP contribution in [-0.2, 0) is 0 Å². The molecule has 0 amide bonds. The second-order valence-electron chi connectivity index (χ2n) is 2.19. The van der Waals surface area contributed by atoms with Crippen LogP contribution >= 0.6 is 12.4 Å². The molecular formula is C7H12ClN3O2. The average Bonchev–Trinajstić information content (AvgIpc) is 2.05. The van der Waals surface area contributed by atoms with Gasteiger partial charge in [0.25, 0.3) is 0 Å². The molecule has 0 saturated carbocycles. The summed E-state index contributed by atoms with van der Waals surface area (Å²) in [5, 5.41) is 0. The molecule has 0 radical (unpaired) electrons. The van der Waals surface area contributed by atoms with E-state index in [9.17, 15) is 0 Å². The summed E-state index contributed by atoms with van der Waals surface area (Å²) in [5.74, 6) is 0.641. The topological polar surface area (TPSA) is 83.4 Å². The van der Waals surface area contributed by atoms with Crippen molar-refractivity contribution in [1.82, 2.24) is 4.98 Å². The maximum Gasteiger partial charge on any atom is 0.240 e. The maximum absolute atomic E-state index is 5.53. The van der Waals surface area contributed by atoms with Gasteiger partial charge in [0.2, 0.25) is 11.8 Å². The van der Waals surface area contributed by atoms with Crippen LogP contribution in [0.4, 0.5) is 11.4 Å². The quantitative estimate of drug-likeness (QED) is 0.742. The van der Waals surface area contributed by atoms with Crippen molar-refractivity contribution in [3.63, 3.8) is 0 Å². The largest absolute Gasteiger partial charge is 0.479 e. The Balaban J connectivity index is 0.00000144. The fourth-order valence-electron chi connectivity index (χ4n) is 0.839. The number of hydrogen-bond acceptors (Lipinski definition) is 5. The van der Waals surface area contributed by atoms with E-state index in [1.165, 1.54) is 14.2 Å². The fourth-order valence-corrected chi connectivity index (χ4v) is 0.839. The highest BCUT2D eigenvalue weighted by atomic mass is 35.5. The van der Waals surface area contributed by atoms with E-state index in [4.69, 9.17) is 20.9 Å². The number of anilines is 2. The Morgan fingerprint density at radius 1 is 1.08 bits per heavy atom. The summed E-state index contributed by atoms with van der Waals surface area (Å²) in [6, 6.07) is 1.55. The SMILES string of the molecule is COc1nc(OC)c(N)cc1N.Cl. The molecule has 0 bridgehead atoms. The molecule has 0 saturated heterocycles. The highest BCUT2D eigenvalue weighted by molar-refractivity contribution is 5.85. The molecule has 1 aromatic heterocycles. The summed E-state index contributed by atoms with van der Waals surface area (Å²) in [6.07, 6.45) is 0. The second kappa shape index (κ2) is 4.61. The molecule has 1 aromatic rings. The third-order valence-corrected chi connectivity index (χ3v) is 1.39. The Labute approximate surface area is 82.4 Å². The van der Waals surface area contributed by atoms with Gasteiger partial charge < -0.3 is 20.9 Å². The first kappa shape index (κ1) is 11.6. The zero-order valence-electron chi connectivity index (χ0n) is 7.40. The van der Waals surface area contributed by atoms with Gasteiger partial charge in [0.15, 0.2) is 0 Å². The summed E-state index contributed by atoms with van der Waals surface area (Å²) in [5.41, 5.74) is 11.9. The van der Waals surface area contributed by atoms with Gasteiger partial charge in [-0.15, -0.1) is 12.4 Å². The van der Waals surface area contributed by atoms with Gasteiger partial charge in [-0.3, -0.25) is 0 Å². The molecule has 1 rings (SSSR count). The fraction of sp³-hybridized carbons (Fsp3) is 0.286. The van der Waals surface area contributed by atoms with Crippen molar-refractivity contribution in [3.05, 3.63) is 6.07 Å². The highest BCUT2D eigenvalue weighted by Gasteiger charge is 2.07. The van der Waals surface area contributed by atoms with Crippen molar-refractivity contribution in [2.75, 3.05) is 25.7 Å². The van der Waals surface area contributed by atoms with Gasteiger partial charge in [-0.1, -0.05) is 0 Å². The predicted octanol–water partition coefficient (Wildman–Crippen LogP) is 0.685. The molecule has 0 fully saturated rings. The molecule has 0 aliphatic heterocycles. The number of methoxy groups -OCH3 is 2. The third kappa shape index (κ3) is 2.29. The Morgan fingerprint density at radius 2 is 1.46 bits per heavy atom. The van der Waals surface area contributed by atoms with E-state index in [2.05, 4.69) is 4.98 Å². The summed E-state index contributed by atoms with van der Waals surface area (Å²) < 4.78 is 9.74. The zero-order valence-corrected chi connectivity index (χ0v) is 8.22. The van der Waals surface area contributed by atoms with Gasteiger partial charge in [-0.2, -0.15) is 4.98 Å². The number of halogens is 1. The molecule has 13 heavy (non-hydrogen) atoms. The Bertz CT molecular complexity index is 268. The third-order valence-electron chi connectivity index (χ3n) is 1.39. The van der Waals surface area contributed by atoms with E-state index in [0.717, 1.165) is 0 Å². The van der Waals surface area contributed by atoms with E-state index in [1.807, 2.05) is 0 Å². The molecule has 6 heteroatoms. The van der Waals surface area contributed by atoms with E-state index in [-0.39, 0.29) is 12.4 Å². The first-order valence-corrected chi connectivity index (χ1v) is 3.33. The number of hydrogen-bond donors (Lipinski definition) is 2.